The number of carbonyl (C=O) groups is 2. The third kappa shape index (κ3) is 4.26. The minimum absolute atomic E-state index is 0.0728. The van der Waals surface area contributed by atoms with Crippen LogP contribution in [0.4, 0.5) is 0 Å². The van der Waals surface area contributed by atoms with Crippen LogP contribution in [-0.2, 0) is 20.7 Å². The zero-order valence-corrected chi connectivity index (χ0v) is 12.2. The maximum Gasteiger partial charge on any atom is 0.316 e. The summed E-state index contributed by atoms with van der Waals surface area (Å²) in [6, 6.07) is 7.60. The molecule has 1 rings (SSSR count). The fourth-order valence-corrected chi connectivity index (χ4v) is 1.94. The molecule has 0 bridgehead atoms. The van der Waals surface area contributed by atoms with Gasteiger partial charge in [0.2, 0.25) is 0 Å². The van der Waals surface area contributed by atoms with Crippen LogP contribution in [0.3, 0.4) is 0 Å². The molecule has 0 aromatic heterocycles. The van der Waals surface area contributed by atoms with E-state index in [1.165, 1.54) is 0 Å². The summed E-state index contributed by atoms with van der Waals surface area (Å²) in [5.74, 6) is -1.18. The third-order valence-corrected chi connectivity index (χ3v) is 3.19. The molecular weight excluding hydrogens is 296 g/mol. The molecule has 0 saturated carbocycles. The van der Waals surface area contributed by atoms with Crippen molar-refractivity contribution in [3.63, 3.8) is 0 Å². The highest BCUT2D eigenvalue weighted by Crippen LogP contribution is 2.16. The lowest BCUT2D eigenvalue weighted by Crippen LogP contribution is -2.27. The van der Waals surface area contributed by atoms with Crippen molar-refractivity contribution in [3.05, 3.63) is 34.3 Å². The van der Waals surface area contributed by atoms with Gasteiger partial charge in [-0.05, 0) is 31.0 Å². The van der Waals surface area contributed by atoms with Gasteiger partial charge in [-0.1, -0.05) is 35.0 Å². The Kier molecular flexibility index (Phi) is 6.05. The van der Waals surface area contributed by atoms with E-state index in [9.17, 15) is 9.59 Å². The number of ether oxygens (including phenoxy) is 1. The van der Waals surface area contributed by atoms with Crippen LogP contribution in [0.2, 0.25) is 0 Å². The Labute approximate surface area is 116 Å². The Hall–Kier alpha value is -1.16. The van der Waals surface area contributed by atoms with Crippen molar-refractivity contribution >= 4 is 27.7 Å². The number of hydrogen-bond acceptors (Lipinski definition) is 3. The molecule has 1 aromatic rings. The van der Waals surface area contributed by atoms with Crippen LogP contribution in [0, 0.1) is 5.92 Å². The molecule has 0 aliphatic rings. The van der Waals surface area contributed by atoms with E-state index in [1.807, 2.05) is 24.3 Å². The Balaban J connectivity index is 2.81. The highest BCUT2D eigenvalue weighted by atomic mass is 79.9. The van der Waals surface area contributed by atoms with Gasteiger partial charge in [-0.3, -0.25) is 9.59 Å². The van der Waals surface area contributed by atoms with Crippen molar-refractivity contribution in [1.29, 1.82) is 0 Å². The van der Waals surface area contributed by atoms with Gasteiger partial charge in [-0.2, -0.15) is 0 Å². The summed E-state index contributed by atoms with van der Waals surface area (Å²) in [6.45, 7) is 3.80. The molecule has 0 radical (unpaired) electrons. The van der Waals surface area contributed by atoms with Crippen molar-refractivity contribution in [3.8, 4) is 0 Å². The van der Waals surface area contributed by atoms with Gasteiger partial charge in [0.1, 0.15) is 11.7 Å². The molecule has 3 nitrogen and oxygen atoms in total. The lowest BCUT2D eigenvalue weighted by Gasteiger charge is -2.13. The highest BCUT2D eigenvalue weighted by molar-refractivity contribution is 9.10. The standard InChI is InChI=1S/C14H17BrO3/c1-3-13(16)12(14(17)18-4-2)9-10-5-7-11(15)8-6-10/h5-8,12H,3-4,9H2,1-2H3. The quantitative estimate of drug-likeness (QED) is 0.598. The molecule has 0 spiro atoms. The minimum atomic E-state index is -0.684. The van der Waals surface area contributed by atoms with Gasteiger partial charge < -0.3 is 4.74 Å². The van der Waals surface area contributed by atoms with Crippen molar-refractivity contribution in [1.82, 2.24) is 0 Å². The predicted molar refractivity (Wildman–Crippen MR) is 73.3 cm³/mol. The summed E-state index contributed by atoms with van der Waals surface area (Å²) in [7, 11) is 0. The van der Waals surface area contributed by atoms with E-state index < -0.39 is 11.9 Å². The van der Waals surface area contributed by atoms with Crippen molar-refractivity contribution < 1.29 is 14.3 Å². The second-order valence-corrected chi connectivity index (χ2v) is 4.87. The fraction of sp³-hybridized carbons (Fsp3) is 0.429. The Morgan fingerprint density at radius 3 is 2.33 bits per heavy atom. The first-order valence-electron chi connectivity index (χ1n) is 6.02. The number of Topliss-reactive ketones (excluding diaryl/α,β-unsaturated/α-hetero) is 1. The van der Waals surface area contributed by atoms with Crippen molar-refractivity contribution in [2.75, 3.05) is 6.61 Å². The molecule has 0 saturated heterocycles. The zero-order chi connectivity index (χ0) is 13.5. The topological polar surface area (TPSA) is 43.4 Å². The number of halogens is 1. The zero-order valence-electron chi connectivity index (χ0n) is 10.6. The van der Waals surface area contributed by atoms with Crippen LogP contribution >= 0.6 is 15.9 Å². The number of rotatable bonds is 6. The second kappa shape index (κ2) is 7.31. The van der Waals surface area contributed by atoms with Crippen molar-refractivity contribution in [2.24, 2.45) is 5.92 Å². The smallest absolute Gasteiger partial charge is 0.316 e. The van der Waals surface area contributed by atoms with E-state index in [0.29, 0.717) is 19.4 Å². The van der Waals surface area contributed by atoms with Gasteiger partial charge in [-0.15, -0.1) is 0 Å². The molecule has 18 heavy (non-hydrogen) atoms. The SMILES string of the molecule is CCOC(=O)C(Cc1ccc(Br)cc1)C(=O)CC. The monoisotopic (exact) mass is 312 g/mol. The molecule has 1 unspecified atom stereocenters. The van der Waals surface area contributed by atoms with Crippen LogP contribution in [0.25, 0.3) is 0 Å². The van der Waals surface area contributed by atoms with Crippen LogP contribution in [0.1, 0.15) is 25.8 Å². The van der Waals surface area contributed by atoms with Gasteiger partial charge >= 0.3 is 5.97 Å². The molecular formula is C14H17BrO3. The summed E-state index contributed by atoms with van der Waals surface area (Å²) in [5, 5.41) is 0. The first-order valence-corrected chi connectivity index (χ1v) is 6.81. The van der Waals surface area contributed by atoms with Crippen LogP contribution in [0.5, 0.6) is 0 Å². The van der Waals surface area contributed by atoms with E-state index in [4.69, 9.17) is 4.74 Å². The lowest BCUT2D eigenvalue weighted by atomic mass is 9.94. The fourth-order valence-electron chi connectivity index (χ4n) is 1.67. The molecule has 98 valence electrons. The average molecular weight is 313 g/mol. The number of ketones is 1. The third-order valence-electron chi connectivity index (χ3n) is 2.66. The molecule has 0 N–H and O–H groups in total. The predicted octanol–water partition coefficient (Wildman–Crippen LogP) is 3.15. The largest absolute Gasteiger partial charge is 0.465 e. The van der Waals surface area contributed by atoms with Crippen LogP contribution in [0.15, 0.2) is 28.7 Å². The molecule has 1 atom stereocenters. The lowest BCUT2D eigenvalue weighted by molar-refractivity contribution is -0.151. The first-order chi connectivity index (χ1) is 8.58. The maximum atomic E-state index is 11.8. The summed E-state index contributed by atoms with van der Waals surface area (Å²) >= 11 is 3.35. The van der Waals surface area contributed by atoms with E-state index in [1.54, 1.807) is 13.8 Å². The maximum absolute atomic E-state index is 11.8. The van der Waals surface area contributed by atoms with E-state index in [-0.39, 0.29) is 5.78 Å². The summed E-state index contributed by atoms with van der Waals surface area (Å²) in [4.78, 5) is 23.6. The Bertz CT molecular complexity index is 412. The molecule has 0 aliphatic heterocycles. The van der Waals surface area contributed by atoms with Gasteiger partial charge in [0, 0.05) is 10.9 Å². The summed E-state index contributed by atoms with van der Waals surface area (Å²) in [5.41, 5.74) is 0.957. The highest BCUT2D eigenvalue weighted by Gasteiger charge is 2.26. The minimum Gasteiger partial charge on any atom is -0.465 e. The van der Waals surface area contributed by atoms with Crippen molar-refractivity contribution in [2.45, 2.75) is 26.7 Å². The van der Waals surface area contributed by atoms with Gasteiger partial charge in [0.05, 0.1) is 6.61 Å². The van der Waals surface area contributed by atoms with E-state index >= 15 is 0 Å². The molecule has 1 aromatic carbocycles. The summed E-state index contributed by atoms with van der Waals surface area (Å²) < 4.78 is 5.93. The summed E-state index contributed by atoms with van der Waals surface area (Å²) in [6.07, 6.45) is 0.749. The van der Waals surface area contributed by atoms with Gasteiger partial charge in [-0.25, -0.2) is 0 Å². The molecule has 0 heterocycles. The number of benzene rings is 1. The first kappa shape index (κ1) is 14.9. The average Bonchev–Trinajstić information content (AvgIpc) is 2.37. The molecule has 4 heteroatoms. The number of carbonyl (C=O) groups excluding carboxylic acids is 2. The van der Waals surface area contributed by atoms with Crippen LogP contribution in [-0.4, -0.2) is 18.4 Å². The second-order valence-electron chi connectivity index (χ2n) is 3.96. The number of esters is 1. The molecule has 0 amide bonds. The van der Waals surface area contributed by atoms with Gasteiger partial charge in [0.25, 0.3) is 0 Å². The Morgan fingerprint density at radius 2 is 1.83 bits per heavy atom. The van der Waals surface area contributed by atoms with E-state index in [2.05, 4.69) is 15.9 Å². The Morgan fingerprint density at radius 1 is 1.22 bits per heavy atom. The molecule has 0 aliphatic carbocycles. The van der Waals surface area contributed by atoms with Gasteiger partial charge in [0.15, 0.2) is 0 Å². The van der Waals surface area contributed by atoms with Crippen LogP contribution < -0.4 is 0 Å². The molecule has 0 fully saturated rings. The number of hydrogen-bond donors (Lipinski definition) is 0. The normalized spacial score (nSPS) is 11.9. The van der Waals surface area contributed by atoms with E-state index in [0.717, 1.165) is 10.0 Å².